The quantitative estimate of drug-likeness (QED) is 0.605. The van der Waals surface area contributed by atoms with Crippen molar-refractivity contribution in [1.29, 1.82) is 0 Å². The molecule has 0 bridgehead atoms. The van der Waals surface area contributed by atoms with Gasteiger partial charge >= 0.3 is 0 Å². The fraction of sp³-hybridized carbons (Fsp3) is 0.522. The number of hydrogen-bond donors (Lipinski definition) is 0. The van der Waals surface area contributed by atoms with E-state index in [9.17, 15) is 4.79 Å². The summed E-state index contributed by atoms with van der Waals surface area (Å²) in [5.41, 5.74) is 2.59. The third kappa shape index (κ3) is 4.66. The van der Waals surface area contributed by atoms with Gasteiger partial charge in [-0.1, -0.05) is 11.3 Å². The molecule has 8 heteroatoms. The van der Waals surface area contributed by atoms with Crippen LogP contribution in [0.5, 0.6) is 0 Å². The Balaban J connectivity index is 1.24. The molecule has 162 valence electrons. The van der Waals surface area contributed by atoms with Crippen LogP contribution < -0.4 is 0 Å². The van der Waals surface area contributed by atoms with Gasteiger partial charge in [0.25, 0.3) is 0 Å². The molecule has 0 radical (unpaired) electrons. The summed E-state index contributed by atoms with van der Waals surface area (Å²) in [6, 6.07) is 4.67. The molecule has 0 N–H and O–H groups in total. The summed E-state index contributed by atoms with van der Waals surface area (Å²) in [5.74, 6) is 0.472. The number of Topliss-reactive ketones (excluding diaryl/α,β-unsaturated/α-hetero) is 1. The zero-order valence-corrected chi connectivity index (χ0v) is 18.6. The monoisotopic (exact) mass is 437 g/mol. The SMILES string of the molecule is Cc1nnc(-c2cnc3cnc(CC(=O)C4CCC(N5CCOCC5)CC4)cc3c2)s1. The van der Waals surface area contributed by atoms with E-state index in [0.717, 1.165) is 84.2 Å². The number of aromatic nitrogens is 4. The number of ether oxygens (including phenoxy) is 1. The summed E-state index contributed by atoms with van der Waals surface area (Å²) in [6.07, 6.45) is 8.15. The van der Waals surface area contributed by atoms with Gasteiger partial charge in [-0.3, -0.25) is 19.7 Å². The summed E-state index contributed by atoms with van der Waals surface area (Å²) in [5, 5.41) is 11.1. The van der Waals surface area contributed by atoms with Gasteiger partial charge in [0, 0.05) is 54.3 Å². The highest BCUT2D eigenvalue weighted by atomic mass is 32.1. The van der Waals surface area contributed by atoms with Gasteiger partial charge in [0.05, 0.1) is 24.9 Å². The molecule has 1 aliphatic carbocycles. The van der Waals surface area contributed by atoms with Crippen LogP contribution in [0.4, 0.5) is 0 Å². The second kappa shape index (κ2) is 9.06. The Hall–Kier alpha value is -2.29. The summed E-state index contributed by atoms with van der Waals surface area (Å²) in [4.78, 5) is 24.5. The van der Waals surface area contributed by atoms with Crippen LogP contribution in [0.2, 0.25) is 0 Å². The largest absolute Gasteiger partial charge is 0.379 e. The average molecular weight is 438 g/mol. The summed E-state index contributed by atoms with van der Waals surface area (Å²) >= 11 is 1.55. The molecular formula is C23H27N5O2S. The Kier molecular flexibility index (Phi) is 6.02. The topological polar surface area (TPSA) is 81.1 Å². The van der Waals surface area contributed by atoms with Gasteiger partial charge in [0.2, 0.25) is 0 Å². The van der Waals surface area contributed by atoms with Crippen LogP contribution in [-0.2, 0) is 16.0 Å². The van der Waals surface area contributed by atoms with Crippen molar-refractivity contribution < 1.29 is 9.53 Å². The minimum atomic E-state index is 0.156. The van der Waals surface area contributed by atoms with E-state index in [2.05, 4.69) is 31.1 Å². The van der Waals surface area contributed by atoms with E-state index in [-0.39, 0.29) is 5.92 Å². The smallest absolute Gasteiger partial charge is 0.149 e. The molecule has 2 aliphatic rings. The molecule has 0 aromatic carbocycles. The van der Waals surface area contributed by atoms with E-state index in [4.69, 9.17) is 4.74 Å². The Morgan fingerprint density at radius 2 is 1.90 bits per heavy atom. The molecule has 0 spiro atoms. The lowest BCUT2D eigenvalue weighted by molar-refractivity contribution is -0.123. The number of carbonyl (C=O) groups excluding carboxylic acids is 1. The number of rotatable bonds is 5. The van der Waals surface area contributed by atoms with E-state index in [0.29, 0.717) is 18.2 Å². The highest BCUT2D eigenvalue weighted by molar-refractivity contribution is 7.14. The Morgan fingerprint density at radius 1 is 1.10 bits per heavy atom. The maximum atomic E-state index is 13.0. The van der Waals surface area contributed by atoms with Crippen molar-refractivity contribution in [2.45, 2.75) is 45.1 Å². The molecule has 1 saturated carbocycles. The summed E-state index contributed by atoms with van der Waals surface area (Å²) < 4.78 is 5.47. The van der Waals surface area contributed by atoms with Gasteiger partial charge in [0.15, 0.2) is 0 Å². The van der Waals surface area contributed by atoms with Gasteiger partial charge in [-0.05, 0) is 44.7 Å². The van der Waals surface area contributed by atoms with Gasteiger partial charge in [0.1, 0.15) is 15.8 Å². The number of nitrogens with zero attached hydrogens (tertiary/aromatic N) is 5. The molecule has 4 heterocycles. The van der Waals surface area contributed by atoms with Gasteiger partial charge in [-0.15, -0.1) is 10.2 Å². The van der Waals surface area contributed by atoms with Crippen LogP contribution in [0.15, 0.2) is 24.5 Å². The zero-order valence-electron chi connectivity index (χ0n) is 17.8. The van der Waals surface area contributed by atoms with Crippen molar-refractivity contribution in [2.75, 3.05) is 26.3 Å². The molecule has 2 fully saturated rings. The molecule has 7 nitrogen and oxygen atoms in total. The predicted octanol–water partition coefficient (Wildman–Crippen LogP) is 3.46. The fourth-order valence-corrected chi connectivity index (χ4v) is 5.40. The first kappa shape index (κ1) is 20.6. The normalized spacial score (nSPS) is 22.6. The second-order valence-corrected chi connectivity index (χ2v) is 9.70. The third-order valence-electron chi connectivity index (χ3n) is 6.47. The molecule has 1 aliphatic heterocycles. The standard InChI is InChI=1S/C23H27N5O2S/c1-15-26-27-23(31-15)18-10-17-11-19(24-14-21(17)25-13-18)12-22(29)16-2-4-20(5-3-16)28-6-8-30-9-7-28/h10-11,13-14,16,20H,2-9,12H2,1H3. The predicted molar refractivity (Wildman–Crippen MR) is 120 cm³/mol. The van der Waals surface area contributed by atoms with E-state index >= 15 is 0 Å². The first-order valence-electron chi connectivity index (χ1n) is 11.1. The Bertz CT molecular complexity index is 1070. The lowest BCUT2D eigenvalue weighted by atomic mass is 9.81. The van der Waals surface area contributed by atoms with E-state index < -0.39 is 0 Å². The highest BCUT2D eigenvalue weighted by Gasteiger charge is 2.30. The van der Waals surface area contributed by atoms with Crippen LogP contribution in [0.25, 0.3) is 21.5 Å². The van der Waals surface area contributed by atoms with Crippen molar-refractivity contribution in [3.63, 3.8) is 0 Å². The molecule has 0 atom stereocenters. The number of carbonyl (C=O) groups is 1. The van der Waals surface area contributed by atoms with Crippen molar-refractivity contribution in [3.05, 3.63) is 35.2 Å². The fourth-order valence-electron chi connectivity index (χ4n) is 4.73. The first-order valence-corrected chi connectivity index (χ1v) is 11.9. The maximum absolute atomic E-state index is 13.0. The molecule has 0 unspecified atom stereocenters. The van der Waals surface area contributed by atoms with Crippen LogP contribution in [0, 0.1) is 12.8 Å². The number of fused-ring (bicyclic) bond motifs is 1. The molecular weight excluding hydrogens is 410 g/mol. The van der Waals surface area contributed by atoms with E-state index in [1.54, 1.807) is 17.5 Å². The zero-order chi connectivity index (χ0) is 21.2. The van der Waals surface area contributed by atoms with Crippen LogP contribution in [0.3, 0.4) is 0 Å². The highest BCUT2D eigenvalue weighted by Crippen LogP contribution is 2.30. The van der Waals surface area contributed by atoms with Crippen molar-refractivity contribution in [1.82, 2.24) is 25.1 Å². The van der Waals surface area contributed by atoms with Gasteiger partial charge < -0.3 is 4.74 Å². The lowest BCUT2D eigenvalue weighted by Gasteiger charge is -2.38. The van der Waals surface area contributed by atoms with Crippen molar-refractivity contribution >= 4 is 28.0 Å². The first-order chi connectivity index (χ1) is 15.2. The molecule has 5 rings (SSSR count). The molecule has 0 amide bonds. The molecule has 31 heavy (non-hydrogen) atoms. The third-order valence-corrected chi connectivity index (χ3v) is 7.35. The lowest BCUT2D eigenvalue weighted by Crippen LogP contribution is -2.45. The number of ketones is 1. The molecule has 3 aromatic heterocycles. The van der Waals surface area contributed by atoms with E-state index in [1.165, 1.54) is 0 Å². The van der Waals surface area contributed by atoms with Crippen molar-refractivity contribution in [2.24, 2.45) is 5.92 Å². The summed E-state index contributed by atoms with van der Waals surface area (Å²) in [7, 11) is 0. The molecule has 1 saturated heterocycles. The van der Waals surface area contributed by atoms with Crippen LogP contribution >= 0.6 is 11.3 Å². The maximum Gasteiger partial charge on any atom is 0.149 e. The number of morpholine rings is 1. The van der Waals surface area contributed by atoms with Gasteiger partial charge in [-0.2, -0.15) is 0 Å². The Labute approximate surface area is 185 Å². The van der Waals surface area contributed by atoms with Crippen molar-refractivity contribution in [3.8, 4) is 10.6 Å². The summed E-state index contributed by atoms with van der Waals surface area (Å²) in [6.45, 7) is 5.66. The average Bonchev–Trinajstić information content (AvgIpc) is 3.25. The minimum Gasteiger partial charge on any atom is -0.379 e. The minimum absolute atomic E-state index is 0.156. The molecule has 3 aromatic rings. The van der Waals surface area contributed by atoms with Crippen LogP contribution in [0.1, 0.15) is 36.4 Å². The number of hydrogen-bond acceptors (Lipinski definition) is 8. The van der Waals surface area contributed by atoms with Crippen LogP contribution in [-0.4, -0.2) is 63.2 Å². The Morgan fingerprint density at radius 3 is 2.65 bits per heavy atom. The second-order valence-electron chi connectivity index (χ2n) is 8.52. The van der Waals surface area contributed by atoms with Gasteiger partial charge in [-0.25, -0.2) is 0 Å². The van der Waals surface area contributed by atoms with E-state index in [1.807, 2.05) is 19.2 Å². The number of pyridine rings is 2. The number of aryl methyl sites for hydroxylation is 1.